The van der Waals surface area contributed by atoms with Crippen molar-refractivity contribution >= 4 is 40.7 Å². The van der Waals surface area contributed by atoms with E-state index >= 15 is 0 Å². The number of carbonyl (C=O) groups excluding carboxylic acids is 1. The largest absolute Gasteiger partial charge is 0.496 e. The molecule has 4 aromatic rings. The molecule has 214 valence electrons. The highest BCUT2D eigenvalue weighted by Crippen LogP contribution is 2.37. The van der Waals surface area contributed by atoms with Gasteiger partial charge in [-0.25, -0.2) is 9.79 Å². The molecule has 0 N–H and O–H groups in total. The summed E-state index contributed by atoms with van der Waals surface area (Å²) in [6.45, 7) is 1.90. The molecule has 2 heterocycles. The summed E-state index contributed by atoms with van der Waals surface area (Å²) in [5.74, 6) is 0.392. The Bertz CT molecular complexity index is 1910. The first-order chi connectivity index (χ1) is 20.2. The topological polar surface area (TPSA) is 122 Å². The van der Waals surface area contributed by atoms with Crippen molar-refractivity contribution in [1.29, 1.82) is 0 Å². The number of fused-ring (bicyclic) bond motifs is 1. The number of nitro benzene ring substituents is 1. The highest BCUT2D eigenvalue weighted by Gasteiger charge is 2.35. The van der Waals surface area contributed by atoms with Crippen LogP contribution in [0.4, 0.5) is 5.69 Å². The van der Waals surface area contributed by atoms with Crippen LogP contribution in [0.1, 0.15) is 29.7 Å². The van der Waals surface area contributed by atoms with E-state index in [1.807, 2.05) is 6.07 Å². The smallest absolute Gasteiger partial charge is 0.338 e. The summed E-state index contributed by atoms with van der Waals surface area (Å²) in [6.07, 6.45) is 1.73. The van der Waals surface area contributed by atoms with E-state index in [9.17, 15) is 19.7 Å². The average Bonchev–Trinajstić information content (AvgIpc) is 3.29. The number of non-ortho nitro benzene ring substituents is 1. The first kappa shape index (κ1) is 28.8. The molecule has 1 aliphatic rings. The van der Waals surface area contributed by atoms with Crippen molar-refractivity contribution in [3.8, 4) is 11.5 Å². The Morgan fingerprint density at radius 3 is 2.60 bits per heavy atom. The van der Waals surface area contributed by atoms with Gasteiger partial charge in [0.1, 0.15) is 24.1 Å². The number of nitro groups is 1. The number of esters is 1. The molecule has 0 spiro atoms. The predicted molar refractivity (Wildman–Crippen MR) is 158 cm³/mol. The molecule has 1 aliphatic heterocycles. The van der Waals surface area contributed by atoms with Gasteiger partial charge in [0.05, 0.1) is 34.9 Å². The molecule has 12 heteroatoms. The molecule has 0 fully saturated rings. The normalized spacial score (nSPS) is 14.7. The van der Waals surface area contributed by atoms with Crippen molar-refractivity contribution in [3.63, 3.8) is 0 Å². The molecule has 0 saturated heterocycles. The van der Waals surface area contributed by atoms with E-state index in [1.54, 1.807) is 61.5 Å². The summed E-state index contributed by atoms with van der Waals surface area (Å²) in [5, 5.41) is 11.3. The number of methoxy groups -OCH3 is 2. The van der Waals surface area contributed by atoms with E-state index in [4.69, 9.17) is 25.8 Å². The Kier molecular flexibility index (Phi) is 8.23. The van der Waals surface area contributed by atoms with Crippen molar-refractivity contribution in [2.45, 2.75) is 19.6 Å². The molecule has 0 aliphatic carbocycles. The maximum atomic E-state index is 13.9. The molecule has 3 aromatic carbocycles. The number of hydrogen-bond donors (Lipinski definition) is 0. The molecule has 1 aromatic heterocycles. The Balaban J connectivity index is 1.53. The highest BCUT2D eigenvalue weighted by molar-refractivity contribution is 7.07. The summed E-state index contributed by atoms with van der Waals surface area (Å²) < 4.78 is 18.4. The number of thiazole rings is 1. The second kappa shape index (κ2) is 12.0. The monoisotopic (exact) mass is 605 g/mol. The number of nitrogens with zero attached hydrogens (tertiary/aromatic N) is 3. The third kappa shape index (κ3) is 5.69. The van der Waals surface area contributed by atoms with Gasteiger partial charge in [0, 0.05) is 22.7 Å². The lowest BCUT2D eigenvalue weighted by molar-refractivity contribution is -0.384. The third-order valence-electron chi connectivity index (χ3n) is 6.62. The van der Waals surface area contributed by atoms with E-state index in [0.29, 0.717) is 42.7 Å². The standard InChI is InChI=1S/C30H24ClN3O7S/c1-17-26(29(36)40-3)27(23-15-20(31)9-12-24(23)39-2)33-28(35)25(42-30(33)32-17)14-19-5-4-6-22(13-19)41-16-18-7-10-21(11-8-18)34(37)38/h4-15,27H,16H2,1-3H3/b25-14-/t27-/m1/s1. The molecule has 0 saturated carbocycles. The second-order valence-electron chi connectivity index (χ2n) is 9.24. The minimum absolute atomic E-state index is 0.00663. The van der Waals surface area contributed by atoms with Crippen molar-refractivity contribution in [3.05, 3.63) is 130 Å². The van der Waals surface area contributed by atoms with Crippen LogP contribution < -0.4 is 24.4 Å². The van der Waals surface area contributed by atoms with Crippen LogP contribution in [0.15, 0.2) is 87.8 Å². The molecule has 0 radical (unpaired) electrons. The van der Waals surface area contributed by atoms with E-state index in [-0.39, 0.29) is 23.4 Å². The van der Waals surface area contributed by atoms with Crippen molar-refractivity contribution in [1.82, 2.24) is 4.57 Å². The molecular formula is C30H24ClN3O7S. The van der Waals surface area contributed by atoms with Gasteiger partial charge >= 0.3 is 5.97 Å². The van der Waals surface area contributed by atoms with Gasteiger partial charge in [-0.3, -0.25) is 19.5 Å². The highest BCUT2D eigenvalue weighted by atomic mass is 35.5. The van der Waals surface area contributed by atoms with Crippen LogP contribution in [0, 0.1) is 10.1 Å². The number of hydrogen-bond acceptors (Lipinski definition) is 9. The second-order valence-corrected chi connectivity index (χ2v) is 10.7. The van der Waals surface area contributed by atoms with Crippen molar-refractivity contribution < 1.29 is 23.9 Å². The average molecular weight is 606 g/mol. The van der Waals surface area contributed by atoms with E-state index in [2.05, 4.69) is 4.99 Å². The first-order valence-electron chi connectivity index (χ1n) is 12.6. The van der Waals surface area contributed by atoms with Crippen LogP contribution in [0.2, 0.25) is 5.02 Å². The third-order valence-corrected chi connectivity index (χ3v) is 7.84. The van der Waals surface area contributed by atoms with Crippen LogP contribution in [0.5, 0.6) is 11.5 Å². The summed E-state index contributed by atoms with van der Waals surface area (Å²) in [6, 6.07) is 17.5. The van der Waals surface area contributed by atoms with Gasteiger partial charge in [0.2, 0.25) is 0 Å². The van der Waals surface area contributed by atoms with Crippen LogP contribution >= 0.6 is 22.9 Å². The zero-order valence-electron chi connectivity index (χ0n) is 22.7. The maximum Gasteiger partial charge on any atom is 0.338 e. The summed E-state index contributed by atoms with van der Waals surface area (Å²) >= 11 is 7.52. The maximum absolute atomic E-state index is 13.9. The van der Waals surface area contributed by atoms with Gasteiger partial charge < -0.3 is 14.2 Å². The fraction of sp³-hybridized carbons (Fsp3) is 0.167. The number of carbonyl (C=O) groups is 1. The fourth-order valence-electron chi connectivity index (χ4n) is 4.63. The number of ether oxygens (including phenoxy) is 3. The zero-order chi connectivity index (χ0) is 30.0. The molecule has 0 bridgehead atoms. The van der Waals surface area contributed by atoms with Crippen molar-refractivity contribution in [2.24, 2.45) is 4.99 Å². The number of benzene rings is 3. The first-order valence-corrected chi connectivity index (χ1v) is 13.8. The molecule has 10 nitrogen and oxygen atoms in total. The molecular weight excluding hydrogens is 582 g/mol. The minimum Gasteiger partial charge on any atom is -0.496 e. The Morgan fingerprint density at radius 1 is 1.14 bits per heavy atom. The summed E-state index contributed by atoms with van der Waals surface area (Å²) in [5.41, 5.74) is 2.29. The van der Waals surface area contributed by atoms with Crippen LogP contribution in [-0.4, -0.2) is 29.7 Å². The van der Waals surface area contributed by atoms with E-state index in [0.717, 1.165) is 5.56 Å². The SMILES string of the molecule is COC(=O)C1=C(C)N=c2s/c(=C\c3cccc(OCc4ccc([N+](=O)[O-])cc4)c3)c(=O)n2[C@@H]1c1cc(Cl)ccc1OC. The Hall–Kier alpha value is -4.74. The lowest BCUT2D eigenvalue weighted by atomic mass is 9.95. The summed E-state index contributed by atoms with van der Waals surface area (Å²) in [4.78, 5) is 42.2. The minimum atomic E-state index is -0.874. The fourth-order valence-corrected chi connectivity index (χ4v) is 5.86. The van der Waals surface area contributed by atoms with Gasteiger partial charge in [-0.2, -0.15) is 0 Å². The van der Waals surface area contributed by atoms with Crippen molar-refractivity contribution in [2.75, 3.05) is 14.2 Å². The molecule has 1 atom stereocenters. The van der Waals surface area contributed by atoms with Gasteiger partial charge in [0.25, 0.3) is 11.2 Å². The Morgan fingerprint density at radius 2 is 1.90 bits per heavy atom. The van der Waals surface area contributed by atoms with E-state index < -0.39 is 16.9 Å². The summed E-state index contributed by atoms with van der Waals surface area (Å²) in [7, 11) is 2.78. The predicted octanol–water partition coefficient (Wildman–Crippen LogP) is 4.56. The lowest BCUT2D eigenvalue weighted by Crippen LogP contribution is -2.40. The quantitative estimate of drug-likeness (QED) is 0.164. The molecule has 0 unspecified atom stereocenters. The zero-order valence-corrected chi connectivity index (χ0v) is 24.3. The lowest BCUT2D eigenvalue weighted by Gasteiger charge is -2.25. The van der Waals surface area contributed by atoms with E-state index in [1.165, 1.54) is 42.3 Å². The number of aromatic nitrogens is 1. The van der Waals surface area contributed by atoms with Gasteiger partial charge in [0.15, 0.2) is 4.80 Å². The van der Waals surface area contributed by atoms with Crippen LogP contribution in [-0.2, 0) is 16.1 Å². The number of halogens is 1. The van der Waals surface area contributed by atoms with Gasteiger partial charge in [-0.1, -0.05) is 35.1 Å². The van der Waals surface area contributed by atoms with Gasteiger partial charge in [-0.15, -0.1) is 0 Å². The molecule has 42 heavy (non-hydrogen) atoms. The molecule has 0 amide bonds. The number of allylic oxidation sites excluding steroid dienone is 1. The van der Waals surface area contributed by atoms with Crippen LogP contribution in [0.25, 0.3) is 6.08 Å². The Labute approximate surface area is 248 Å². The van der Waals surface area contributed by atoms with Crippen LogP contribution in [0.3, 0.4) is 0 Å². The van der Waals surface area contributed by atoms with Gasteiger partial charge in [-0.05, 0) is 66.6 Å². The number of rotatable bonds is 8. The molecule has 5 rings (SSSR count).